The Hall–Kier alpha value is -2.85. The van der Waals surface area contributed by atoms with Gasteiger partial charge in [0.15, 0.2) is 0 Å². The average Bonchev–Trinajstić information content (AvgIpc) is 3.16. The van der Waals surface area contributed by atoms with Gasteiger partial charge >= 0.3 is 0 Å². The molecule has 1 amide bonds. The molecule has 144 valence electrons. The van der Waals surface area contributed by atoms with Crippen molar-refractivity contribution in [1.82, 2.24) is 10.3 Å². The van der Waals surface area contributed by atoms with Crippen molar-refractivity contribution in [3.8, 4) is 0 Å². The van der Waals surface area contributed by atoms with Crippen LogP contribution in [0.2, 0.25) is 0 Å². The number of hydrogen-bond acceptors (Lipinski definition) is 2. The van der Waals surface area contributed by atoms with Crippen molar-refractivity contribution in [3.63, 3.8) is 0 Å². The number of amides is 1. The first-order valence-electron chi connectivity index (χ1n) is 10.1. The van der Waals surface area contributed by atoms with Crippen LogP contribution in [0.4, 0.5) is 0 Å². The fraction of sp³-hybridized carbons (Fsp3) is 0.292. The minimum Gasteiger partial charge on any atom is -0.366 e. The molecule has 0 bridgehead atoms. The number of primary amides is 1. The second-order valence-corrected chi connectivity index (χ2v) is 7.57. The number of aryl methyl sites for hydroxylation is 1. The molecule has 0 radical (unpaired) electrons. The summed E-state index contributed by atoms with van der Waals surface area (Å²) in [6.07, 6.45) is 9.91. The van der Waals surface area contributed by atoms with Crippen LogP contribution in [0.25, 0.3) is 16.5 Å². The summed E-state index contributed by atoms with van der Waals surface area (Å²) in [5.74, 6) is -0.383. The molecule has 0 saturated heterocycles. The molecule has 0 fully saturated rings. The maximum absolute atomic E-state index is 11.5. The molecule has 0 saturated carbocycles. The summed E-state index contributed by atoms with van der Waals surface area (Å²) in [7, 11) is 0. The zero-order valence-corrected chi connectivity index (χ0v) is 16.1. The molecule has 4 heteroatoms. The second-order valence-electron chi connectivity index (χ2n) is 7.57. The fourth-order valence-electron chi connectivity index (χ4n) is 4.05. The Labute approximate surface area is 165 Å². The smallest absolute Gasteiger partial charge is 0.248 e. The van der Waals surface area contributed by atoms with Crippen molar-refractivity contribution in [2.24, 2.45) is 5.73 Å². The van der Waals surface area contributed by atoms with Crippen molar-refractivity contribution in [2.75, 3.05) is 6.54 Å². The highest BCUT2D eigenvalue weighted by molar-refractivity contribution is 6.00. The van der Waals surface area contributed by atoms with Crippen LogP contribution in [0.15, 0.2) is 60.8 Å². The van der Waals surface area contributed by atoms with Crippen LogP contribution in [-0.4, -0.2) is 23.5 Å². The first-order valence-corrected chi connectivity index (χ1v) is 10.1. The third-order valence-electron chi connectivity index (χ3n) is 5.64. The molecule has 4 rings (SSSR count). The Balaban J connectivity index is 1.34. The summed E-state index contributed by atoms with van der Waals surface area (Å²) in [6.45, 7) is 1.05. The number of nitrogens with two attached hydrogens (primary N) is 1. The lowest BCUT2D eigenvalue weighted by molar-refractivity contribution is 0.100. The molecule has 28 heavy (non-hydrogen) atoms. The molecule has 1 aliphatic carbocycles. The summed E-state index contributed by atoms with van der Waals surface area (Å²) in [4.78, 5) is 14.8. The molecule has 4 nitrogen and oxygen atoms in total. The maximum atomic E-state index is 11.5. The number of aromatic nitrogens is 1. The summed E-state index contributed by atoms with van der Waals surface area (Å²) in [5, 5.41) is 4.79. The maximum Gasteiger partial charge on any atom is 0.248 e. The van der Waals surface area contributed by atoms with E-state index in [0.29, 0.717) is 11.6 Å². The normalized spacial score (nSPS) is 16.9. The standard InChI is InChI=1S/C24H27N3O/c25-24(28)19-10-13-23-21(15-19)22(16-27-23)18-8-11-20(12-9-18)26-14-4-7-17-5-2-1-3-6-17/h1-3,5-6,8,10,13,15-16,20,26-27H,4,7,9,11-12,14H2,(H2,25,28). The predicted molar refractivity (Wildman–Crippen MR) is 115 cm³/mol. The number of carbonyl (C=O) groups is 1. The molecule has 0 aliphatic heterocycles. The highest BCUT2D eigenvalue weighted by Gasteiger charge is 2.17. The van der Waals surface area contributed by atoms with E-state index in [1.165, 1.54) is 16.7 Å². The lowest BCUT2D eigenvalue weighted by Gasteiger charge is -2.23. The summed E-state index contributed by atoms with van der Waals surface area (Å²) in [6, 6.07) is 16.8. The number of H-pyrrole nitrogens is 1. The van der Waals surface area contributed by atoms with E-state index in [4.69, 9.17) is 5.73 Å². The number of nitrogens with one attached hydrogen (secondary N) is 2. The van der Waals surface area contributed by atoms with Gasteiger partial charge in [0.2, 0.25) is 5.91 Å². The molecule has 1 heterocycles. The number of rotatable bonds is 7. The molecule has 1 aliphatic rings. The van der Waals surface area contributed by atoms with Gasteiger partial charge in [-0.1, -0.05) is 36.4 Å². The van der Waals surface area contributed by atoms with E-state index >= 15 is 0 Å². The number of carbonyl (C=O) groups excluding carboxylic acids is 1. The molecule has 4 N–H and O–H groups in total. The molecule has 2 aromatic carbocycles. The van der Waals surface area contributed by atoms with Gasteiger partial charge in [-0.15, -0.1) is 0 Å². The van der Waals surface area contributed by atoms with Crippen molar-refractivity contribution in [2.45, 2.75) is 38.1 Å². The fourth-order valence-corrected chi connectivity index (χ4v) is 4.05. The number of allylic oxidation sites excluding steroid dienone is 1. The summed E-state index contributed by atoms with van der Waals surface area (Å²) >= 11 is 0. The van der Waals surface area contributed by atoms with Gasteiger partial charge in [0, 0.05) is 34.3 Å². The molecular weight excluding hydrogens is 346 g/mol. The van der Waals surface area contributed by atoms with Crippen LogP contribution in [-0.2, 0) is 6.42 Å². The van der Waals surface area contributed by atoms with E-state index in [2.05, 4.69) is 52.9 Å². The predicted octanol–water partition coefficient (Wildman–Crippen LogP) is 4.43. The van der Waals surface area contributed by atoms with Gasteiger partial charge < -0.3 is 16.0 Å². The number of benzene rings is 2. The van der Waals surface area contributed by atoms with Gasteiger partial charge in [0.25, 0.3) is 0 Å². The monoisotopic (exact) mass is 373 g/mol. The SMILES string of the molecule is NC(=O)c1ccc2[nH]cc(C3=CCC(NCCCc4ccccc4)CC3)c2c1. The molecule has 1 atom stereocenters. The van der Waals surface area contributed by atoms with Gasteiger partial charge in [0.1, 0.15) is 0 Å². The van der Waals surface area contributed by atoms with Crippen LogP contribution in [0.5, 0.6) is 0 Å². The molecule has 1 aromatic heterocycles. The van der Waals surface area contributed by atoms with Crippen molar-refractivity contribution < 1.29 is 4.79 Å². The zero-order valence-electron chi connectivity index (χ0n) is 16.1. The number of fused-ring (bicyclic) bond motifs is 1. The highest BCUT2D eigenvalue weighted by atomic mass is 16.1. The zero-order chi connectivity index (χ0) is 19.3. The van der Waals surface area contributed by atoms with Gasteiger partial charge in [-0.2, -0.15) is 0 Å². The van der Waals surface area contributed by atoms with Crippen LogP contribution in [0.3, 0.4) is 0 Å². The minimum absolute atomic E-state index is 0.383. The lowest BCUT2D eigenvalue weighted by Crippen LogP contribution is -2.31. The van der Waals surface area contributed by atoms with E-state index < -0.39 is 0 Å². The van der Waals surface area contributed by atoms with E-state index in [-0.39, 0.29) is 5.91 Å². The topological polar surface area (TPSA) is 70.9 Å². The Morgan fingerprint density at radius 2 is 2.04 bits per heavy atom. The molecule has 0 spiro atoms. The summed E-state index contributed by atoms with van der Waals surface area (Å²) in [5.41, 5.74) is 11.0. The Morgan fingerprint density at radius 1 is 1.18 bits per heavy atom. The average molecular weight is 374 g/mol. The first kappa shape index (κ1) is 18.5. The van der Waals surface area contributed by atoms with E-state index in [9.17, 15) is 4.79 Å². The van der Waals surface area contributed by atoms with E-state index in [0.717, 1.165) is 49.6 Å². The first-order chi connectivity index (χ1) is 13.7. The Morgan fingerprint density at radius 3 is 2.79 bits per heavy atom. The van der Waals surface area contributed by atoms with Crippen LogP contribution in [0, 0.1) is 0 Å². The molecule has 1 unspecified atom stereocenters. The minimum atomic E-state index is -0.383. The van der Waals surface area contributed by atoms with E-state index in [1.807, 2.05) is 12.1 Å². The quantitative estimate of drug-likeness (QED) is 0.536. The Bertz CT molecular complexity index is 988. The molecular formula is C24H27N3O. The van der Waals surface area contributed by atoms with Crippen molar-refractivity contribution >= 4 is 22.4 Å². The third-order valence-corrected chi connectivity index (χ3v) is 5.64. The summed E-state index contributed by atoms with van der Waals surface area (Å²) < 4.78 is 0. The number of hydrogen-bond donors (Lipinski definition) is 3. The lowest BCUT2D eigenvalue weighted by atomic mass is 9.90. The van der Waals surface area contributed by atoms with Crippen LogP contribution in [0.1, 0.15) is 47.2 Å². The van der Waals surface area contributed by atoms with E-state index in [1.54, 1.807) is 6.07 Å². The largest absolute Gasteiger partial charge is 0.366 e. The van der Waals surface area contributed by atoms with Crippen molar-refractivity contribution in [3.05, 3.63) is 77.5 Å². The molecule has 3 aromatic rings. The highest BCUT2D eigenvalue weighted by Crippen LogP contribution is 2.32. The van der Waals surface area contributed by atoms with Crippen LogP contribution >= 0.6 is 0 Å². The third kappa shape index (κ3) is 4.18. The van der Waals surface area contributed by atoms with Gasteiger partial charge in [0.05, 0.1) is 0 Å². The van der Waals surface area contributed by atoms with Gasteiger partial charge in [-0.3, -0.25) is 4.79 Å². The van der Waals surface area contributed by atoms with Gasteiger partial charge in [-0.05, 0) is 68.0 Å². The second kappa shape index (κ2) is 8.44. The Kier molecular flexibility index (Phi) is 5.58. The van der Waals surface area contributed by atoms with Crippen LogP contribution < -0.4 is 11.1 Å². The number of aromatic amines is 1. The van der Waals surface area contributed by atoms with Crippen molar-refractivity contribution in [1.29, 1.82) is 0 Å². The van der Waals surface area contributed by atoms with Gasteiger partial charge in [-0.25, -0.2) is 0 Å².